The molecule has 0 aromatic heterocycles. The van der Waals surface area contributed by atoms with E-state index < -0.39 is 15.8 Å². The number of nitrogens with zero attached hydrogens (tertiary/aromatic N) is 1. The molecule has 0 aromatic rings. The smallest absolute Gasteiger partial charge is 0.214 e. The van der Waals surface area contributed by atoms with Crippen LogP contribution in [0.25, 0.3) is 0 Å². The molecule has 1 rings (SSSR count). The van der Waals surface area contributed by atoms with E-state index in [1.54, 1.807) is 6.07 Å². The van der Waals surface area contributed by atoms with Crippen LogP contribution in [0.15, 0.2) is 0 Å². The van der Waals surface area contributed by atoms with Crippen molar-refractivity contribution in [1.82, 2.24) is 4.72 Å². The van der Waals surface area contributed by atoms with Crippen LogP contribution in [0.2, 0.25) is 0 Å². The van der Waals surface area contributed by atoms with Crippen molar-refractivity contribution in [2.45, 2.75) is 39.0 Å². The van der Waals surface area contributed by atoms with Gasteiger partial charge in [0.15, 0.2) is 5.75 Å². The number of nitrogens with one attached hydrogen (secondary N) is 1. The highest BCUT2D eigenvalue weighted by Gasteiger charge is 2.19. The maximum Gasteiger partial charge on any atom is 0.225 e. The Morgan fingerprint density at radius 1 is 1.44 bits per heavy atom. The minimum Gasteiger partial charge on any atom is -0.214 e. The molecular weight excluding hydrogens is 224 g/mol. The Bertz CT molecular complexity index is 345. The van der Waals surface area contributed by atoms with Gasteiger partial charge in [0.1, 0.15) is 0 Å². The fourth-order valence-electron chi connectivity index (χ4n) is 2.38. The van der Waals surface area contributed by atoms with Crippen molar-refractivity contribution in [3.8, 4) is 6.07 Å². The zero-order valence-corrected chi connectivity index (χ0v) is 10.6. The average Bonchev–Trinajstić information content (AvgIpc) is 2.17. The van der Waals surface area contributed by atoms with E-state index in [0.717, 1.165) is 12.3 Å². The molecule has 0 radical (unpaired) electrons. The van der Waals surface area contributed by atoms with Crippen molar-refractivity contribution in [3.05, 3.63) is 0 Å². The van der Waals surface area contributed by atoms with Gasteiger partial charge < -0.3 is 0 Å². The van der Waals surface area contributed by atoms with E-state index in [-0.39, 0.29) is 0 Å². The summed E-state index contributed by atoms with van der Waals surface area (Å²) in [4.78, 5) is 0. The molecule has 0 aromatic carbocycles. The number of nitriles is 1. The first kappa shape index (κ1) is 13.5. The first-order valence-electron chi connectivity index (χ1n) is 5.88. The fourth-order valence-corrected chi connectivity index (χ4v) is 3.08. The van der Waals surface area contributed by atoms with Gasteiger partial charge in [-0.15, -0.1) is 0 Å². The molecule has 0 bridgehead atoms. The highest BCUT2D eigenvalue weighted by Crippen LogP contribution is 2.30. The average molecular weight is 244 g/mol. The van der Waals surface area contributed by atoms with Gasteiger partial charge in [-0.05, 0) is 24.7 Å². The van der Waals surface area contributed by atoms with Crippen LogP contribution in [0, 0.1) is 23.2 Å². The quantitative estimate of drug-likeness (QED) is 0.799. The summed E-state index contributed by atoms with van der Waals surface area (Å²) in [6.07, 6.45) is 5.88. The predicted octanol–water partition coefficient (Wildman–Crippen LogP) is 1.65. The van der Waals surface area contributed by atoms with Crippen molar-refractivity contribution in [3.63, 3.8) is 0 Å². The van der Waals surface area contributed by atoms with Gasteiger partial charge in [0.05, 0.1) is 6.07 Å². The van der Waals surface area contributed by atoms with E-state index in [9.17, 15) is 8.42 Å². The summed E-state index contributed by atoms with van der Waals surface area (Å²) >= 11 is 0. The maximum absolute atomic E-state index is 11.2. The van der Waals surface area contributed by atoms with E-state index in [4.69, 9.17) is 5.26 Å². The highest BCUT2D eigenvalue weighted by molar-refractivity contribution is 7.89. The van der Waals surface area contributed by atoms with Crippen molar-refractivity contribution in [2.75, 3.05) is 12.3 Å². The first-order valence-corrected chi connectivity index (χ1v) is 7.53. The van der Waals surface area contributed by atoms with Gasteiger partial charge in [-0.3, -0.25) is 0 Å². The van der Waals surface area contributed by atoms with Crippen LogP contribution in [0.3, 0.4) is 0 Å². The second-order valence-electron chi connectivity index (χ2n) is 4.74. The third kappa shape index (κ3) is 4.95. The van der Waals surface area contributed by atoms with Gasteiger partial charge in [0.2, 0.25) is 10.0 Å². The van der Waals surface area contributed by atoms with Crippen LogP contribution in [0.5, 0.6) is 0 Å². The Labute approximate surface area is 98.1 Å². The lowest BCUT2D eigenvalue weighted by Gasteiger charge is -2.26. The van der Waals surface area contributed by atoms with Gasteiger partial charge >= 0.3 is 0 Å². The fraction of sp³-hybridized carbons (Fsp3) is 0.909. The van der Waals surface area contributed by atoms with Gasteiger partial charge in [-0.2, -0.15) is 5.26 Å². The number of hydrogen-bond acceptors (Lipinski definition) is 3. The molecule has 0 saturated heterocycles. The molecule has 16 heavy (non-hydrogen) atoms. The molecule has 0 amide bonds. The molecule has 92 valence electrons. The molecule has 0 spiro atoms. The van der Waals surface area contributed by atoms with Crippen LogP contribution >= 0.6 is 0 Å². The number of hydrogen-bond donors (Lipinski definition) is 1. The van der Waals surface area contributed by atoms with Crippen LogP contribution in [-0.4, -0.2) is 20.7 Å². The Balaban J connectivity index is 2.23. The largest absolute Gasteiger partial charge is 0.225 e. The monoisotopic (exact) mass is 244 g/mol. The lowest BCUT2D eigenvalue weighted by atomic mass is 9.81. The van der Waals surface area contributed by atoms with Crippen LogP contribution < -0.4 is 4.72 Å². The van der Waals surface area contributed by atoms with E-state index in [2.05, 4.69) is 11.6 Å². The number of rotatable bonds is 5. The summed E-state index contributed by atoms with van der Waals surface area (Å²) in [5.74, 6) is 0.983. The minimum absolute atomic E-state index is 0.436. The molecule has 4 nitrogen and oxygen atoms in total. The van der Waals surface area contributed by atoms with Crippen LogP contribution in [0.1, 0.15) is 39.0 Å². The van der Waals surface area contributed by atoms with E-state index in [1.165, 1.54) is 25.7 Å². The second-order valence-corrected chi connectivity index (χ2v) is 6.54. The molecule has 5 heteroatoms. The van der Waals surface area contributed by atoms with Gasteiger partial charge in [-0.1, -0.05) is 26.2 Å². The lowest BCUT2D eigenvalue weighted by molar-refractivity contribution is 0.271. The molecule has 0 heterocycles. The molecule has 1 fully saturated rings. The normalized spacial score (nSPS) is 26.2. The van der Waals surface area contributed by atoms with E-state index in [1.807, 2.05) is 0 Å². The van der Waals surface area contributed by atoms with Crippen molar-refractivity contribution in [1.29, 1.82) is 5.26 Å². The molecule has 1 N–H and O–H groups in total. The van der Waals surface area contributed by atoms with Crippen LogP contribution in [-0.2, 0) is 10.0 Å². The SMILES string of the molecule is CC1CCCC(CCNS(=O)(=O)CC#N)C1. The number of sulfonamides is 1. The van der Waals surface area contributed by atoms with Crippen molar-refractivity contribution in [2.24, 2.45) is 11.8 Å². The van der Waals surface area contributed by atoms with Crippen LogP contribution in [0.4, 0.5) is 0 Å². The highest BCUT2D eigenvalue weighted by atomic mass is 32.2. The van der Waals surface area contributed by atoms with Crippen molar-refractivity contribution < 1.29 is 8.42 Å². The third-order valence-electron chi connectivity index (χ3n) is 3.17. The Morgan fingerprint density at radius 3 is 2.81 bits per heavy atom. The molecule has 1 aliphatic rings. The zero-order valence-electron chi connectivity index (χ0n) is 9.78. The van der Waals surface area contributed by atoms with Crippen molar-refractivity contribution >= 4 is 10.0 Å². The second kappa shape index (κ2) is 6.21. The molecule has 1 saturated carbocycles. The maximum atomic E-state index is 11.2. The summed E-state index contributed by atoms with van der Waals surface area (Å²) < 4.78 is 24.9. The zero-order chi connectivity index (χ0) is 12.0. The summed E-state index contributed by atoms with van der Waals surface area (Å²) in [6.45, 7) is 2.73. The first-order chi connectivity index (χ1) is 7.53. The molecule has 0 aliphatic heterocycles. The van der Waals surface area contributed by atoms with E-state index >= 15 is 0 Å². The van der Waals surface area contributed by atoms with Gasteiger partial charge in [0, 0.05) is 6.54 Å². The summed E-state index contributed by atoms with van der Waals surface area (Å²) in [5, 5.41) is 8.32. The van der Waals surface area contributed by atoms with E-state index in [0.29, 0.717) is 12.5 Å². The predicted molar refractivity (Wildman–Crippen MR) is 63.1 cm³/mol. The summed E-state index contributed by atoms with van der Waals surface area (Å²) in [7, 11) is -3.36. The minimum atomic E-state index is -3.36. The topological polar surface area (TPSA) is 70.0 Å². The molecule has 2 unspecified atom stereocenters. The molecule has 1 aliphatic carbocycles. The Kier molecular flexibility index (Phi) is 5.23. The van der Waals surface area contributed by atoms with Gasteiger partial charge in [-0.25, -0.2) is 13.1 Å². The molecule has 2 atom stereocenters. The third-order valence-corrected chi connectivity index (χ3v) is 4.33. The van der Waals surface area contributed by atoms with Gasteiger partial charge in [0.25, 0.3) is 0 Å². The Morgan fingerprint density at radius 2 is 2.19 bits per heavy atom. The lowest BCUT2D eigenvalue weighted by Crippen LogP contribution is -2.28. The standard InChI is InChI=1S/C11H20N2O2S/c1-10-3-2-4-11(9-10)5-7-13-16(14,15)8-6-12/h10-11,13H,2-5,7-9H2,1H3. The Hall–Kier alpha value is -0.600. The summed E-state index contributed by atoms with van der Waals surface area (Å²) in [5.41, 5.74) is 0. The molecular formula is C11H20N2O2S. The summed E-state index contributed by atoms with van der Waals surface area (Å²) in [6, 6.07) is 1.65.